The van der Waals surface area contributed by atoms with Gasteiger partial charge in [-0.05, 0) is 18.9 Å². The van der Waals surface area contributed by atoms with E-state index in [2.05, 4.69) is 55.4 Å². The molecule has 1 aliphatic rings. The Morgan fingerprint density at radius 1 is 1.18 bits per heavy atom. The molecule has 0 atom stereocenters. The van der Waals surface area contributed by atoms with Crippen LogP contribution in [-0.4, -0.2) is 15.4 Å². The molecular formula is C17H18BrN3S. The van der Waals surface area contributed by atoms with E-state index in [1.165, 1.54) is 32.1 Å². The Hall–Kier alpha value is -1.33. The summed E-state index contributed by atoms with van der Waals surface area (Å²) in [4.78, 5) is 5.90. The van der Waals surface area contributed by atoms with Crippen molar-refractivity contribution in [3.8, 4) is 11.3 Å². The minimum absolute atomic E-state index is 0.565. The summed E-state index contributed by atoms with van der Waals surface area (Å²) in [5.41, 5.74) is 2.20. The topological polar surface area (TPSA) is 29.3 Å². The second kappa shape index (κ2) is 6.05. The second-order valence-corrected chi connectivity index (χ2v) is 7.55. The van der Waals surface area contributed by atoms with Gasteiger partial charge < -0.3 is 5.32 Å². The lowest BCUT2D eigenvalue weighted by atomic mass is 9.95. The molecule has 0 aliphatic heterocycles. The fraction of sp³-hybridized carbons (Fsp3) is 0.353. The maximum absolute atomic E-state index is 4.86. The predicted octanol–water partition coefficient (Wildman–Crippen LogP) is 5.57. The van der Waals surface area contributed by atoms with Crippen LogP contribution in [0, 0.1) is 0 Å². The molecule has 3 nitrogen and oxygen atoms in total. The highest BCUT2D eigenvalue weighted by atomic mass is 79.9. The number of rotatable bonds is 3. The molecule has 1 fully saturated rings. The van der Waals surface area contributed by atoms with Crippen molar-refractivity contribution in [2.24, 2.45) is 0 Å². The average Bonchev–Trinajstić information content (AvgIpc) is 3.12. The predicted molar refractivity (Wildman–Crippen MR) is 96.7 cm³/mol. The van der Waals surface area contributed by atoms with Crippen LogP contribution in [0.25, 0.3) is 16.2 Å². The molecule has 0 unspecified atom stereocenters. The minimum atomic E-state index is 0.565. The number of thiazole rings is 1. The van der Waals surface area contributed by atoms with E-state index in [9.17, 15) is 0 Å². The van der Waals surface area contributed by atoms with Crippen LogP contribution in [0.4, 0.5) is 5.82 Å². The van der Waals surface area contributed by atoms with Crippen molar-refractivity contribution in [3.63, 3.8) is 0 Å². The first kappa shape index (κ1) is 14.3. The fourth-order valence-electron chi connectivity index (χ4n) is 3.20. The van der Waals surface area contributed by atoms with E-state index in [-0.39, 0.29) is 0 Å². The monoisotopic (exact) mass is 375 g/mol. The van der Waals surface area contributed by atoms with Gasteiger partial charge in [-0.25, -0.2) is 4.98 Å². The Labute approximate surface area is 142 Å². The molecule has 114 valence electrons. The van der Waals surface area contributed by atoms with Gasteiger partial charge in [0.1, 0.15) is 11.5 Å². The van der Waals surface area contributed by atoms with Crippen LogP contribution < -0.4 is 5.32 Å². The minimum Gasteiger partial charge on any atom is -0.367 e. The van der Waals surface area contributed by atoms with Crippen molar-refractivity contribution in [1.29, 1.82) is 0 Å². The van der Waals surface area contributed by atoms with Crippen molar-refractivity contribution in [2.45, 2.75) is 38.1 Å². The van der Waals surface area contributed by atoms with Gasteiger partial charge in [-0.3, -0.25) is 4.40 Å². The highest BCUT2D eigenvalue weighted by molar-refractivity contribution is 9.10. The van der Waals surface area contributed by atoms with Crippen LogP contribution in [0.15, 0.2) is 40.3 Å². The maximum Gasteiger partial charge on any atom is 0.195 e. The van der Waals surface area contributed by atoms with Crippen LogP contribution in [0.1, 0.15) is 32.1 Å². The molecule has 2 aromatic heterocycles. The number of aromatic nitrogens is 2. The number of nitrogens with zero attached hydrogens (tertiary/aromatic N) is 2. The lowest BCUT2D eigenvalue weighted by Gasteiger charge is -2.24. The molecule has 1 saturated carbocycles. The molecule has 0 saturated heterocycles. The van der Waals surface area contributed by atoms with Gasteiger partial charge in [-0.2, -0.15) is 0 Å². The average molecular weight is 376 g/mol. The third-order valence-corrected chi connectivity index (χ3v) is 5.79. The van der Waals surface area contributed by atoms with E-state index in [1.54, 1.807) is 11.3 Å². The van der Waals surface area contributed by atoms with Crippen molar-refractivity contribution in [3.05, 3.63) is 40.3 Å². The van der Waals surface area contributed by atoms with E-state index in [4.69, 9.17) is 4.98 Å². The smallest absolute Gasteiger partial charge is 0.195 e. The van der Waals surface area contributed by atoms with Crippen LogP contribution in [0.5, 0.6) is 0 Å². The molecule has 2 heterocycles. The van der Waals surface area contributed by atoms with E-state index in [0.29, 0.717) is 6.04 Å². The molecule has 5 heteroatoms. The summed E-state index contributed by atoms with van der Waals surface area (Å²) in [6.07, 6.45) is 8.65. The number of nitrogens with one attached hydrogen (secondary N) is 1. The van der Waals surface area contributed by atoms with Gasteiger partial charge in [-0.15, -0.1) is 11.3 Å². The summed E-state index contributed by atoms with van der Waals surface area (Å²) in [7, 11) is 0. The van der Waals surface area contributed by atoms with Gasteiger partial charge >= 0.3 is 0 Å². The molecule has 1 aliphatic carbocycles. The Morgan fingerprint density at radius 3 is 2.82 bits per heavy atom. The maximum atomic E-state index is 4.86. The first-order valence-electron chi connectivity index (χ1n) is 7.80. The second-order valence-electron chi connectivity index (χ2n) is 5.82. The molecule has 3 aromatic rings. The number of imidazole rings is 1. The van der Waals surface area contributed by atoms with E-state index in [1.807, 2.05) is 6.07 Å². The van der Waals surface area contributed by atoms with Crippen LogP contribution in [-0.2, 0) is 0 Å². The Kier molecular flexibility index (Phi) is 3.92. The van der Waals surface area contributed by atoms with Gasteiger partial charge in [0.05, 0.1) is 0 Å². The zero-order valence-electron chi connectivity index (χ0n) is 12.3. The van der Waals surface area contributed by atoms with E-state index in [0.717, 1.165) is 26.5 Å². The lowest BCUT2D eigenvalue weighted by molar-refractivity contribution is 0.462. The summed E-state index contributed by atoms with van der Waals surface area (Å²) < 4.78 is 3.28. The van der Waals surface area contributed by atoms with Crippen molar-refractivity contribution < 1.29 is 0 Å². The third kappa shape index (κ3) is 2.57. The zero-order valence-corrected chi connectivity index (χ0v) is 14.7. The van der Waals surface area contributed by atoms with Crippen molar-refractivity contribution in [2.75, 3.05) is 5.32 Å². The summed E-state index contributed by atoms with van der Waals surface area (Å²) in [5, 5.41) is 5.87. The van der Waals surface area contributed by atoms with Crippen LogP contribution in [0.2, 0.25) is 0 Å². The standard InChI is InChI=1S/C17H18BrN3S/c18-14-9-5-4-8-13(14)15-16(19-12-6-2-1-3-7-12)21-10-11-22-17(21)20-15/h4-5,8-12,19H,1-3,6-7H2. The first-order chi connectivity index (χ1) is 10.8. The highest BCUT2D eigenvalue weighted by Crippen LogP contribution is 2.36. The SMILES string of the molecule is Brc1ccccc1-c1nc2sccn2c1NC1CCCCC1. The molecular weight excluding hydrogens is 358 g/mol. The number of hydrogen-bond acceptors (Lipinski definition) is 3. The summed E-state index contributed by atoms with van der Waals surface area (Å²) in [6, 6.07) is 8.88. The van der Waals surface area contributed by atoms with Gasteiger partial charge in [0.15, 0.2) is 4.96 Å². The van der Waals surface area contributed by atoms with E-state index >= 15 is 0 Å². The Morgan fingerprint density at radius 2 is 2.00 bits per heavy atom. The first-order valence-corrected chi connectivity index (χ1v) is 9.47. The number of fused-ring (bicyclic) bond motifs is 1. The molecule has 0 spiro atoms. The van der Waals surface area contributed by atoms with Gasteiger partial charge in [0.25, 0.3) is 0 Å². The zero-order chi connectivity index (χ0) is 14.9. The molecule has 0 bridgehead atoms. The summed E-state index contributed by atoms with van der Waals surface area (Å²) >= 11 is 5.35. The van der Waals surface area contributed by atoms with E-state index < -0.39 is 0 Å². The summed E-state index contributed by atoms with van der Waals surface area (Å²) in [5.74, 6) is 1.13. The molecule has 0 radical (unpaired) electrons. The molecule has 22 heavy (non-hydrogen) atoms. The number of benzene rings is 1. The fourth-order valence-corrected chi connectivity index (χ4v) is 4.39. The quantitative estimate of drug-likeness (QED) is 0.648. The van der Waals surface area contributed by atoms with Crippen LogP contribution in [0.3, 0.4) is 0 Å². The highest BCUT2D eigenvalue weighted by Gasteiger charge is 2.20. The lowest BCUT2D eigenvalue weighted by Crippen LogP contribution is -2.23. The largest absolute Gasteiger partial charge is 0.367 e. The Balaban J connectivity index is 1.79. The Bertz CT molecular complexity index is 786. The number of halogens is 1. The summed E-state index contributed by atoms with van der Waals surface area (Å²) in [6.45, 7) is 0. The van der Waals surface area contributed by atoms with Gasteiger partial charge in [0.2, 0.25) is 0 Å². The normalized spacial score (nSPS) is 16.2. The van der Waals surface area contributed by atoms with Gasteiger partial charge in [-0.1, -0.05) is 53.4 Å². The third-order valence-electron chi connectivity index (χ3n) is 4.34. The number of hydrogen-bond donors (Lipinski definition) is 1. The molecule has 0 amide bonds. The molecule has 4 rings (SSSR count). The number of anilines is 1. The van der Waals surface area contributed by atoms with Crippen molar-refractivity contribution in [1.82, 2.24) is 9.38 Å². The van der Waals surface area contributed by atoms with Gasteiger partial charge in [0, 0.05) is 27.7 Å². The molecule has 1 N–H and O–H groups in total. The molecule has 1 aromatic carbocycles. The van der Waals surface area contributed by atoms with Crippen molar-refractivity contribution >= 4 is 38.0 Å². The van der Waals surface area contributed by atoms with Crippen LogP contribution >= 0.6 is 27.3 Å².